The van der Waals surface area contributed by atoms with Crippen LogP contribution in [-0.2, 0) is 0 Å². The lowest BCUT2D eigenvalue weighted by atomic mass is 10.0. The summed E-state index contributed by atoms with van der Waals surface area (Å²) >= 11 is 5.84. The standard InChI is InChI=1S/C11H11ClO2/c1-4-7(2)9-5-8(12)6-10(14-3)11(9)13/h1,5-7,13H,2-3H3. The Bertz CT molecular complexity index is 380. The Kier molecular flexibility index (Phi) is 3.27. The fraction of sp³-hybridized carbons (Fsp3) is 0.273. The molecule has 0 heterocycles. The zero-order valence-electron chi connectivity index (χ0n) is 8.04. The SMILES string of the molecule is C#CC(C)c1cc(Cl)cc(OC)c1O. The van der Waals surface area contributed by atoms with E-state index >= 15 is 0 Å². The lowest BCUT2D eigenvalue weighted by Gasteiger charge is -2.11. The highest BCUT2D eigenvalue weighted by atomic mass is 35.5. The van der Waals surface area contributed by atoms with E-state index in [2.05, 4.69) is 5.92 Å². The van der Waals surface area contributed by atoms with Gasteiger partial charge in [0.05, 0.1) is 7.11 Å². The molecule has 0 spiro atoms. The minimum Gasteiger partial charge on any atom is -0.504 e. The molecule has 0 aliphatic heterocycles. The molecule has 0 fully saturated rings. The Labute approximate surface area is 88.5 Å². The number of hydrogen-bond acceptors (Lipinski definition) is 2. The monoisotopic (exact) mass is 210 g/mol. The number of aromatic hydroxyl groups is 1. The van der Waals surface area contributed by atoms with E-state index in [9.17, 15) is 5.11 Å². The third-order valence-electron chi connectivity index (χ3n) is 2.01. The highest BCUT2D eigenvalue weighted by Crippen LogP contribution is 2.37. The van der Waals surface area contributed by atoms with Gasteiger partial charge in [-0.25, -0.2) is 0 Å². The van der Waals surface area contributed by atoms with Crippen molar-refractivity contribution in [1.29, 1.82) is 0 Å². The van der Waals surface area contributed by atoms with Crippen molar-refractivity contribution in [2.45, 2.75) is 12.8 Å². The van der Waals surface area contributed by atoms with Gasteiger partial charge in [0.15, 0.2) is 11.5 Å². The van der Waals surface area contributed by atoms with Crippen LogP contribution >= 0.6 is 11.6 Å². The molecule has 74 valence electrons. The van der Waals surface area contributed by atoms with Crippen LogP contribution < -0.4 is 4.74 Å². The van der Waals surface area contributed by atoms with E-state index in [1.807, 2.05) is 6.92 Å². The number of phenolic OH excluding ortho intramolecular Hbond substituents is 1. The molecular weight excluding hydrogens is 200 g/mol. The van der Waals surface area contributed by atoms with Gasteiger partial charge in [0.1, 0.15) is 0 Å². The predicted octanol–water partition coefficient (Wildman–Crippen LogP) is 2.79. The van der Waals surface area contributed by atoms with E-state index in [0.29, 0.717) is 16.3 Å². The Balaban J connectivity index is 3.30. The molecule has 0 amide bonds. The largest absolute Gasteiger partial charge is 0.504 e. The summed E-state index contributed by atoms with van der Waals surface area (Å²) in [6.45, 7) is 1.81. The lowest BCUT2D eigenvalue weighted by molar-refractivity contribution is 0.370. The number of phenols is 1. The van der Waals surface area contributed by atoms with Crippen molar-refractivity contribution in [3.8, 4) is 23.8 Å². The zero-order valence-corrected chi connectivity index (χ0v) is 8.80. The third kappa shape index (κ3) is 1.94. The Hall–Kier alpha value is -1.33. The van der Waals surface area contributed by atoms with Gasteiger partial charge in [0, 0.05) is 22.6 Å². The smallest absolute Gasteiger partial charge is 0.162 e. The second-order valence-corrected chi connectivity index (χ2v) is 3.37. The van der Waals surface area contributed by atoms with Crippen molar-refractivity contribution in [3.05, 3.63) is 22.7 Å². The molecule has 0 bridgehead atoms. The Morgan fingerprint density at radius 1 is 1.57 bits per heavy atom. The maximum atomic E-state index is 9.74. The summed E-state index contributed by atoms with van der Waals surface area (Å²) in [5.74, 6) is 2.73. The molecule has 1 aromatic carbocycles. The van der Waals surface area contributed by atoms with Crippen molar-refractivity contribution < 1.29 is 9.84 Å². The molecule has 1 atom stereocenters. The summed E-state index contributed by atoms with van der Waals surface area (Å²) in [6, 6.07) is 3.19. The summed E-state index contributed by atoms with van der Waals surface area (Å²) in [6.07, 6.45) is 5.27. The number of terminal acetylenes is 1. The van der Waals surface area contributed by atoms with Crippen LogP contribution in [0.3, 0.4) is 0 Å². The molecule has 2 nitrogen and oxygen atoms in total. The molecule has 0 aliphatic rings. The second kappa shape index (κ2) is 4.26. The number of benzene rings is 1. The van der Waals surface area contributed by atoms with Crippen LogP contribution in [0.1, 0.15) is 18.4 Å². The lowest BCUT2D eigenvalue weighted by Crippen LogP contribution is -1.93. The minimum atomic E-state index is -0.192. The van der Waals surface area contributed by atoms with E-state index in [-0.39, 0.29) is 11.7 Å². The summed E-state index contributed by atoms with van der Waals surface area (Å²) in [5.41, 5.74) is 0.608. The van der Waals surface area contributed by atoms with Crippen LogP contribution in [-0.4, -0.2) is 12.2 Å². The maximum absolute atomic E-state index is 9.74. The fourth-order valence-electron chi connectivity index (χ4n) is 1.17. The van der Waals surface area contributed by atoms with Gasteiger partial charge in [-0.3, -0.25) is 0 Å². The third-order valence-corrected chi connectivity index (χ3v) is 2.22. The quantitative estimate of drug-likeness (QED) is 0.761. The highest BCUT2D eigenvalue weighted by Gasteiger charge is 2.13. The van der Waals surface area contributed by atoms with Crippen molar-refractivity contribution in [1.82, 2.24) is 0 Å². The second-order valence-electron chi connectivity index (χ2n) is 2.93. The van der Waals surface area contributed by atoms with E-state index in [1.165, 1.54) is 7.11 Å². The van der Waals surface area contributed by atoms with Gasteiger partial charge in [-0.2, -0.15) is 0 Å². The molecule has 0 radical (unpaired) electrons. The summed E-state index contributed by atoms with van der Waals surface area (Å²) < 4.78 is 4.96. The average Bonchev–Trinajstić information content (AvgIpc) is 2.19. The average molecular weight is 211 g/mol. The van der Waals surface area contributed by atoms with Gasteiger partial charge >= 0.3 is 0 Å². The molecular formula is C11H11ClO2. The van der Waals surface area contributed by atoms with Gasteiger partial charge in [-0.05, 0) is 13.0 Å². The first-order valence-electron chi connectivity index (χ1n) is 4.12. The molecule has 0 aromatic heterocycles. The molecule has 3 heteroatoms. The normalized spacial score (nSPS) is 11.9. The topological polar surface area (TPSA) is 29.5 Å². The van der Waals surface area contributed by atoms with Crippen LogP contribution in [0.2, 0.25) is 5.02 Å². The van der Waals surface area contributed by atoms with Crippen LogP contribution in [0.25, 0.3) is 0 Å². The van der Waals surface area contributed by atoms with Gasteiger partial charge < -0.3 is 9.84 Å². The van der Waals surface area contributed by atoms with Gasteiger partial charge in [-0.1, -0.05) is 17.5 Å². The zero-order chi connectivity index (χ0) is 10.7. The van der Waals surface area contributed by atoms with Crippen molar-refractivity contribution in [2.75, 3.05) is 7.11 Å². The van der Waals surface area contributed by atoms with Crippen molar-refractivity contribution >= 4 is 11.6 Å². The predicted molar refractivity (Wildman–Crippen MR) is 56.9 cm³/mol. The number of rotatable bonds is 2. The Morgan fingerprint density at radius 3 is 2.71 bits per heavy atom. The maximum Gasteiger partial charge on any atom is 0.162 e. The van der Waals surface area contributed by atoms with Crippen molar-refractivity contribution in [2.24, 2.45) is 0 Å². The van der Waals surface area contributed by atoms with E-state index in [4.69, 9.17) is 22.8 Å². The van der Waals surface area contributed by atoms with Crippen LogP contribution in [0.15, 0.2) is 12.1 Å². The first kappa shape index (κ1) is 10.7. The van der Waals surface area contributed by atoms with Gasteiger partial charge in [0.2, 0.25) is 0 Å². The molecule has 1 rings (SSSR count). The number of ether oxygens (including phenoxy) is 1. The Morgan fingerprint density at radius 2 is 2.21 bits per heavy atom. The number of hydrogen-bond donors (Lipinski definition) is 1. The fourth-order valence-corrected chi connectivity index (χ4v) is 1.39. The molecule has 1 unspecified atom stereocenters. The summed E-state index contributed by atoms with van der Waals surface area (Å²) in [4.78, 5) is 0. The van der Waals surface area contributed by atoms with E-state index in [1.54, 1.807) is 12.1 Å². The van der Waals surface area contributed by atoms with Crippen LogP contribution in [0.5, 0.6) is 11.5 Å². The molecule has 1 aromatic rings. The minimum absolute atomic E-state index is 0.0577. The summed E-state index contributed by atoms with van der Waals surface area (Å²) in [5, 5.41) is 10.2. The van der Waals surface area contributed by atoms with Gasteiger partial charge in [0.25, 0.3) is 0 Å². The van der Waals surface area contributed by atoms with E-state index < -0.39 is 0 Å². The highest BCUT2D eigenvalue weighted by molar-refractivity contribution is 6.30. The van der Waals surface area contributed by atoms with E-state index in [0.717, 1.165) is 0 Å². The summed E-state index contributed by atoms with van der Waals surface area (Å²) in [7, 11) is 1.47. The first-order valence-corrected chi connectivity index (χ1v) is 4.50. The number of halogens is 1. The van der Waals surface area contributed by atoms with Crippen molar-refractivity contribution in [3.63, 3.8) is 0 Å². The van der Waals surface area contributed by atoms with Crippen LogP contribution in [0.4, 0.5) is 0 Å². The first-order chi connectivity index (χ1) is 6.60. The van der Waals surface area contributed by atoms with Gasteiger partial charge in [-0.15, -0.1) is 6.42 Å². The molecule has 0 saturated heterocycles. The molecule has 0 aliphatic carbocycles. The molecule has 1 N–H and O–H groups in total. The molecule has 14 heavy (non-hydrogen) atoms. The molecule has 0 saturated carbocycles. The number of methoxy groups -OCH3 is 1. The van der Waals surface area contributed by atoms with Crippen LogP contribution in [0, 0.1) is 12.3 Å².